The highest BCUT2D eigenvalue weighted by atomic mass is 16.2. The van der Waals surface area contributed by atoms with E-state index >= 15 is 0 Å². The van der Waals surface area contributed by atoms with E-state index in [4.69, 9.17) is 0 Å². The standard InChI is InChI=1S/C14H18N4O2/c1-10(2)18-8-6-11(16-18)9-15-13(19)12-5-4-7-17(3)14(12)20/h4-8,10H,9H2,1-3H3,(H,15,19). The van der Waals surface area contributed by atoms with E-state index in [9.17, 15) is 9.59 Å². The lowest BCUT2D eigenvalue weighted by molar-refractivity contribution is 0.0948. The minimum Gasteiger partial charge on any atom is -0.346 e. The molecule has 0 unspecified atom stereocenters. The summed E-state index contributed by atoms with van der Waals surface area (Å²) >= 11 is 0. The molecule has 2 aromatic rings. The second-order valence-corrected chi connectivity index (χ2v) is 4.90. The largest absolute Gasteiger partial charge is 0.346 e. The zero-order valence-electron chi connectivity index (χ0n) is 11.8. The molecule has 2 rings (SSSR count). The summed E-state index contributed by atoms with van der Waals surface area (Å²) in [5, 5.41) is 7.04. The van der Waals surface area contributed by atoms with Crippen LogP contribution in [0.5, 0.6) is 0 Å². The first-order chi connectivity index (χ1) is 9.49. The first-order valence-corrected chi connectivity index (χ1v) is 6.47. The summed E-state index contributed by atoms with van der Waals surface area (Å²) in [5.74, 6) is -0.384. The fourth-order valence-corrected chi connectivity index (χ4v) is 1.80. The molecule has 2 heterocycles. The van der Waals surface area contributed by atoms with Crippen LogP contribution < -0.4 is 10.9 Å². The van der Waals surface area contributed by atoms with Gasteiger partial charge in [0, 0.05) is 25.5 Å². The number of rotatable bonds is 4. The van der Waals surface area contributed by atoms with Crippen LogP contribution in [0.25, 0.3) is 0 Å². The van der Waals surface area contributed by atoms with Crippen LogP contribution in [0, 0.1) is 0 Å². The van der Waals surface area contributed by atoms with Gasteiger partial charge in [-0.05, 0) is 32.0 Å². The third-order valence-electron chi connectivity index (χ3n) is 2.99. The van der Waals surface area contributed by atoms with Gasteiger partial charge in [0.1, 0.15) is 5.56 Å². The van der Waals surface area contributed by atoms with Gasteiger partial charge in [-0.25, -0.2) is 0 Å². The van der Waals surface area contributed by atoms with Gasteiger partial charge in [0.2, 0.25) is 0 Å². The smallest absolute Gasteiger partial charge is 0.263 e. The van der Waals surface area contributed by atoms with Gasteiger partial charge >= 0.3 is 0 Å². The van der Waals surface area contributed by atoms with Crippen molar-refractivity contribution in [3.8, 4) is 0 Å². The SMILES string of the molecule is CC(C)n1ccc(CNC(=O)c2cccn(C)c2=O)n1. The van der Waals surface area contributed by atoms with Crippen molar-refractivity contribution < 1.29 is 4.79 Å². The number of amides is 1. The van der Waals surface area contributed by atoms with Gasteiger partial charge in [-0.3, -0.25) is 14.3 Å². The summed E-state index contributed by atoms with van der Waals surface area (Å²) in [6.07, 6.45) is 3.48. The van der Waals surface area contributed by atoms with Crippen molar-refractivity contribution in [3.05, 3.63) is 52.2 Å². The van der Waals surface area contributed by atoms with Gasteiger partial charge in [-0.2, -0.15) is 5.10 Å². The van der Waals surface area contributed by atoms with E-state index in [0.717, 1.165) is 5.69 Å². The van der Waals surface area contributed by atoms with Crippen LogP contribution in [0.4, 0.5) is 0 Å². The second-order valence-electron chi connectivity index (χ2n) is 4.90. The number of pyridine rings is 1. The summed E-state index contributed by atoms with van der Waals surface area (Å²) in [6.45, 7) is 4.36. The zero-order chi connectivity index (χ0) is 14.7. The molecule has 0 aliphatic rings. The molecule has 0 radical (unpaired) electrons. The molecular weight excluding hydrogens is 256 g/mol. The molecule has 0 aliphatic carbocycles. The molecule has 0 aliphatic heterocycles. The van der Waals surface area contributed by atoms with E-state index < -0.39 is 0 Å². The molecule has 0 atom stereocenters. The maximum atomic E-state index is 12.0. The van der Waals surface area contributed by atoms with Gasteiger partial charge in [0.05, 0.1) is 12.2 Å². The van der Waals surface area contributed by atoms with Crippen molar-refractivity contribution in [2.75, 3.05) is 0 Å². The van der Waals surface area contributed by atoms with E-state index in [-0.39, 0.29) is 23.1 Å². The Kier molecular flexibility index (Phi) is 4.02. The molecule has 0 bridgehead atoms. The Morgan fingerprint density at radius 3 is 2.75 bits per heavy atom. The van der Waals surface area contributed by atoms with Crippen LogP contribution in [0.1, 0.15) is 35.9 Å². The highest BCUT2D eigenvalue weighted by Gasteiger charge is 2.11. The van der Waals surface area contributed by atoms with Crippen LogP contribution in [0.2, 0.25) is 0 Å². The molecule has 1 amide bonds. The number of carbonyl (C=O) groups excluding carboxylic acids is 1. The van der Waals surface area contributed by atoms with Crippen LogP contribution in [0.15, 0.2) is 35.4 Å². The number of nitrogens with one attached hydrogen (secondary N) is 1. The van der Waals surface area contributed by atoms with Crippen molar-refractivity contribution in [1.29, 1.82) is 0 Å². The minimum absolute atomic E-state index is 0.137. The van der Waals surface area contributed by atoms with Crippen molar-refractivity contribution >= 4 is 5.91 Å². The fraction of sp³-hybridized carbons (Fsp3) is 0.357. The molecule has 0 spiro atoms. The number of aromatic nitrogens is 3. The Morgan fingerprint density at radius 1 is 1.35 bits per heavy atom. The molecule has 106 valence electrons. The average Bonchev–Trinajstić information content (AvgIpc) is 2.88. The topological polar surface area (TPSA) is 68.9 Å². The monoisotopic (exact) mass is 274 g/mol. The van der Waals surface area contributed by atoms with Gasteiger partial charge < -0.3 is 9.88 Å². The third-order valence-corrected chi connectivity index (χ3v) is 2.99. The van der Waals surface area contributed by atoms with Crippen LogP contribution in [-0.2, 0) is 13.6 Å². The molecule has 6 nitrogen and oxygen atoms in total. The Morgan fingerprint density at radius 2 is 2.10 bits per heavy atom. The van der Waals surface area contributed by atoms with Crippen LogP contribution >= 0.6 is 0 Å². The van der Waals surface area contributed by atoms with Gasteiger partial charge in [0.25, 0.3) is 11.5 Å². The van der Waals surface area contributed by atoms with Crippen LogP contribution in [-0.4, -0.2) is 20.3 Å². The lowest BCUT2D eigenvalue weighted by Gasteiger charge is -2.05. The predicted octanol–water partition coefficient (Wildman–Crippen LogP) is 1.09. The maximum Gasteiger partial charge on any atom is 0.263 e. The zero-order valence-corrected chi connectivity index (χ0v) is 11.8. The minimum atomic E-state index is -0.384. The highest BCUT2D eigenvalue weighted by molar-refractivity contribution is 5.93. The summed E-state index contributed by atoms with van der Waals surface area (Å²) in [7, 11) is 1.61. The van der Waals surface area contributed by atoms with E-state index in [2.05, 4.69) is 10.4 Å². The molecule has 0 fully saturated rings. The molecular formula is C14H18N4O2. The molecule has 2 aromatic heterocycles. The lowest BCUT2D eigenvalue weighted by atomic mass is 10.2. The Balaban J connectivity index is 2.05. The number of carbonyl (C=O) groups is 1. The highest BCUT2D eigenvalue weighted by Crippen LogP contribution is 2.04. The summed E-state index contributed by atoms with van der Waals surface area (Å²) in [5.41, 5.74) is 0.593. The van der Waals surface area contributed by atoms with Gasteiger partial charge in [-0.15, -0.1) is 0 Å². The number of aryl methyl sites for hydroxylation is 1. The van der Waals surface area contributed by atoms with Gasteiger partial charge in [0.15, 0.2) is 0 Å². The van der Waals surface area contributed by atoms with E-state index in [1.54, 1.807) is 19.3 Å². The van der Waals surface area contributed by atoms with E-state index in [1.807, 2.05) is 30.8 Å². The molecule has 0 saturated carbocycles. The molecule has 0 aromatic carbocycles. The van der Waals surface area contributed by atoms with E-state index in [0.29, 0.717) is 6.54 Å². The summed E-state index contributed by atoms with van der Waals surface area (Å²) in [4.78, 5) is 23.8. The molecule has 1 N–H and O–H groups in total. The van der Waals surface area contributed by atoms with Crippen molar-refractivity contribution in [3.63, 3.8) is 0 Å². The normalized spacial score (nSPS) is 10.8. The third kappa shape index (κ3) is 2.96. The molecule has 6 heteroatoms. The number of hydrogen-bond acceptors (Lipinski definition) is 3. The maximum absolute atomic E-state index is 12.0. The summed E-state index contributed by atoms with van der Waals surface area (Å²) in [6, 6.07) is 5.32. The first-order valence-electron chi connectivity index (χ1n) is 6.47. The molecule has 0 saturated heterocycles. The number of hydrogen-bond donors (Lipinski definition) is 1. The first kappa shape index (κ1) is 14.0. The summed E-state index contributed by atoms with van der Waals surface area (Å²) < 4.78 is 3.20. The van der Waals surface area contributed by atoms with Crippen molar-refractivity contribution in [2.45, 2.75) is 26.4 Å². The van der Waals surface area contributed by atoms with E-state index in [1.165, 1.54) is 10.6 Å². The van der Waals surface area contributed by atoms with Crippen molar-refractivity contribution in [1.82, 2.24) is 19.7 Å². The lowest BCUT2D eigenvalue weighted by Crippen LogP contribution is -2.31. The van der Waals surface area contributed by atoms with Crippen LogP contribution in [0.3, 0.4) is 0 Å². The second kappa shape index (κ2) is 5.73. The van der Waals surface area contributed by atoms with Gasteiger partial charge in [-0.1, -0.05) is 0 Å². The Hall–Kier alpha value is -2.37. The molecule has 20 heavy (non-hydrogen) atoms. The Bertz CT molecular complexity index is 670. The number of nitrogens with zero attached hydrogens (tertiary/aromatic N) is 3. The quantitative estimate of drug-likeness (QED) is 0.907. The predicted molar refractivity (Wildman–Crippen MR) is 75.5 cm³/mol. The Labute approximate surface area is 117 Å². The van der Waals surface area contributed by atoms with Crippen molar-refractivity contribution in [2.24, 2.45) is 7.05 Å². The fourth-order valence-electron chi connectivity index (χ4n) is 1.80. The average molecular weight is 274 g/mol.